The number of amides is 1. The second-order valence-electron chi connectivity index (χ2n) is 9.95. The number of anilines is 2. The predicted octanol–water partition coefficient (Wildman–Crippen LogP) is 2.40. The number of piperidine rings is 1. The van der Waals surface area contributed by atoms with Crippen LogP contribution in [0.25, 0.3) is 0 Å². The van der Waals surface area contributed by atoms with Gasteiger partial charge in [0.2, 0.25) is 11.0 Å². The van der Waals surface area contributed by atoms with Crippen molar-refractivity contribution in [1.29, 1.82) is 0 Å². The molecule has 3 heterocycles. The number of carbonyl (C=O) groups excluding carboxylic acids is 2. The lowest BCUT2D eigenvalue weighted by atomic mass is 9.94. The number of aromatic nitrogens is 2. The van der Waals surface area contributed by atoms with E-state index in [4.69, 9.17) is 0 Å². The van der Waals surface area contributed by atoms with Gasteiger partial charge in [0.15, 0.2) is 11.5 Å². The number of carbonyl (C=O) groups is 2. The minimum Gasteiger partial charge on any atom is -0.404 e. The minimum atomic E-state index is -4.96. The van der Waals surface area contributed by atoms with E-state index < -0.39 is 23.6 Å². The fourth-order valence-corrected chi connectivity index (χ4v) is 5.17. The number of nitrogens with zero attached hydrogens (tertiary/aromatic N) is 5. The number of alkyl halides is 3. The van der Waals surface area contributed by atoms with E-state index in [2.05, 4.69) is 25.2 Å². The SMILES string of the molecule is CN1CCN(CC(=O)Nc2cc(C(=O)Cc3nnc(N4CCC(C)(O)CC4)s3)ccc2OC(F)(F)F)CC1. The second kappa shape index (κ2) is 11.5. The van der Waals surface area contributed by atoms with E-state index in [0.29, 0.717) is 49.2 Å². The smallest absolute Gasteiger partial charge is 0.404 e. The first kappa shape index (κ1) is 28.2. The maximum atomic E-state index is 13.0. The summed E-state index contributed by atoms with van der Waals surface area (Å²) in [4.78, 5) is 31.6. The summed E-state index contributed by atoms with van der Waals surface area (Å²) in [5.74, 6) is -1.48. The van der Waals surface area contributed by atoms with Gasteiger partial charge in [0.25, 0.3) is 0 Å². The fraction of sp³-hybridized carbons (Fsp3) is 0.583. The van der Waals surface area contributed by atoms with Crippen molar-refractivity contribution in [2.75, 3.05) is 63.1 Å². The summed E-state index contributed by atoms with van der Waals surface area (Å²) < 4.78 is 43.0. The molecule has 2 aliphatic rings. The third-order valence-electron chi connectivity index (χ3n) is 6.64. The highest BCUT2D eigenvalue weighted by Crippen LogP contribution is 2.32. The highest BCUT2D eigenvalue weighted by Gasteiger charge is 2.33. The fourth-order valence-electron chi connectivity index (χ4n) is 4.28. The van der Waals surface area contributed by atoms with Crippen molar-refractivity contribution in [3.8, 4) is 5.75 Å². The molecule has 1 aromatic heterocycles. The van der Waals surface area contributed by atoms with Gasteiger partial charge in [-0.15, -0.1) is 23.4 Å². The molecule has 2 aromatic rings. The van der Waals surface area contributed by atoms with E-state index in [9.17, 15) is 27.9 Å². The van der Waals surface area contributed by atoms with E-state index in [0.717, 1.165) is 19.2 Å². The quantitative estimate of drug-likeness (QED) is 0.474. The Labute approximate surface area is 222 Å². The van der Waals surface area contributed by atoms with Crippen LogP contribution >= 0.6 is 11.3 Å². The largest absolute Gasteiger partial charge is 0.573 e. The van der Waals surface area contributed by atoms with Gasteiger partial charge in [-0.1, -0.05) is 11.3 Å². The summed E-state index contributed by atoms with van der Waals surface area (Å²) in [5.41, 5.74) is -0.828. The van der Waals surface area contributed by atoms with Crippen LogP contribution in [0.5, 0.6) is 5.75 Å². The first-order valence-corrected chi connectivity index (χ1v) is 13.1. The Morgan fingerprint density at radius 2 is 1.82 bits per heavy atom. The molecule has 0 aliphatic carbocycles. The molecule has 0 atom stereocenters. The van der Waals surface area contributed by atoms with Gasteiger partial charge >= 0.3 is 6.36 Å². The van der Waals surface area contributed by atoms with E-state index in [1.807, 2.05) is 16.8 Å². The number of aliphatic hydroxyl groups is 1. The lowest BCUT2D eigenvalue weighted by Crippen LogP contribution is -2.47. The number of benzene rings is 1. The maximum Gasteiger partial charge on any atom is 0.573 e. The van der Waals surface area contributed by atoms with Crippen molar-refractivity contribution in [1.82, 2.24) is 20.0 Å². The molecule has 4 rings (SSSR count). The molecule has 0 unspecified atom stereocenters. The van der Waals surface area contributed by atoms with Gasteiger partial charge < -0.3 is 25.0 Å². The number of rotatable bonds is 8. The van der Waals surface area contributed by atoms with Crippen LogP contribution in [-0.2, 0) is 11.2 Å². The standard InChI is InChI=1S/C24H31F3N6O4S/c1-23(36)5-7-33(8-6-23)22-30-29-21(38-22)14-18(34)16-3-4-19(37-24(25,26)27)17(13-16)28-20(35)15-32-11-9-31(2)10-12-32/h3-4,13,36H,5-12,14-15H2,1-2H3,(H,28,35). The Hall–Kier alpha value is -2.81. The highest BCUT2D eigenvalue weighted by molar-refractivity contribution is 7.15. The van der Waals surface area contributed by atoms with Crippen molar-refractivity contribution in [2.45, 2.75) is 38.1 Å². The summed E-state index contributed by atoms with van der Waals surface area (Å²) in [5, 5.41) is 22.0. The summed E-state index contributed by atoms with van der Waals surface area (Å²) in [6.45, 7) is 5.93. The molecule has 38 heavy (non-hydrogen) atoms. The molecule has 2 aliphatic heterocycles. The Morgan fingerprint density at radius 3 is 2.47 bits per heavy atom. The molecule has 0 saturated carbocycles. The molecule has 2 saturated heterocycles. The number of likely N-dealkylation sites (N-methyl/N-ethyl adjacent to an activating group) is 1. The zero-order valence-corrected chi connectivity index (χ0v) is 22.1. The minimum absolute atomic E-state index is 0.0109. The Balaban J connectivity index is 1.43. The Bertz CT molecular complexity index is 1140. The zero-order chi connectivity index (χ0) is 27.5. The molecule has 1 aromatic carbocycles. The monoisotopic (exact) mass is 556 g/mol. The molecular formula is C24H31F3N6O4S. The van der Waals surface area contributed by atoms with Gasteiger partial charge in [0.05, 0.1) is 24.3 Å². The van der Waals surface area contributed by atoms with Crippen molar-refractivity contribution in [3.63, 3.8) is 0 Å². The van der Waals surface area contributed by atoms with Gasteiger partial charge in [-0.05, 0) is 45.0 Å². The van der Waals surface area contributed by atoms with Crippen LogP contribution in [-0.4, -0.2) is 102 Å². The van der Waals surface area contributed by atoms with Crippen LogP contribution in [0.1, 0.15) is 35.1 Å². The molecule has 14 heteroatoms. The number of piperazine rings is 1. The highest BCUT2D eigenvalue weighted by atomic mass is 32.1. The van der Waals surface area contributed by atoms with E-state index in [-0.39, 0.29) is 30.0 Å². The molecule has 0 bridgehead atoms. The molecule has 1 amide bonds. The second-order valence-corrected chi connectivity index (χ2v) is 11.0. The van der Waals surface area contributed by atoms with E-state index >= 15 is 0 Å². The third-order valence-corrected chi connectivity index (χ3v) is 7.63. The maximum absolute atomic E-state index is 13.0. The number of hydrogen-bond acceptors (Lipinski definition) is 10. The lowest BCUT2D eigenvalue weighted by molar-refractivity contribution is -0.274. The number of nitrogens with one attached hydrogen (secondary N) is 1. The van der Waals surface area contributed by atoms with Gasteiger partial charge in [0.1, 0.15) is 5.01 Å². The average Bonchev–Trinajstić information content (AvgIpc) is 3.29. The van der Waals surface area contributed by atoms with Gasteiger partial charge in [-0.25, -0.2) is 0 Å². The summed E-state index contributed by atoms with van der Waals surface area (Å²) >= 11 is 1.26. The Morgan fingerprint density at radius 1 is 1.13 bits per heavy atom. The number of ether oxygens (including phenoxy) is 1. The first-order valence-electron chi connectivity index (χ1n) is 12.3. The number of halogens is 3. The lowest BCUT2D eigenvalue weighted by Gasteiger charge is -2.35. The molecule has 10 nitrogen and oxygen atoms in total. The molecular weight excluding hydrogens is 525 g/mol. The van der Waals surface area contributed by atoms with Crippen LogP contribution in [0.3, 0.4) is 0 Å². The van der Waals surface area contributed by atoms with Gasteiger partial charge in [-0.2, -0.15) is 0 Å². The van der Waals surface area contributed by atoms with Crippen molar-refractivity contribution >= 4 is 33.8 Å². The molecule has 0 radical (unpaired) electrons. The van der Waals surface area contributed by atoms with Crippen molar-refractivity contribution in [3.05, 3.63) is 28.8 Å². The summed E-state index contributed by atoms with van der Waals surface area (Å²) in [6, 6.07) is 3.45. The average molecular weight is 557 g/mol. The third kappa shape index (κ3) is 7.85. The van der Waals surface area contributed by atoms with Gasteiger partial charge in [-0.3, -0.25) is 14.5 Å². The zero-order valence-electron chi connectivity index (χ0n) is 21.3. The topological polar surface area (TPSA) is 111 Å². The molecule has 208 valence electrons. The normalized spacial score (nSPS) is 18.8. The van der Waals surface area contributed by atoms with Crippen molar-refractivity contribution < 1.29 is 32.6 Å². The Kier molecular flexibility index (Phi) is 8.55. The van der Waals surface area contributed by atoms with E-state index in [1.54, 1.807) is 6.92 Å². The predicted molar refractivity (Wildman–Crippen MR) is 136 cm³/mol. The van der Waals surface area contributed by atoms with Crippen LogP contribution in [0, 0.1) is 0 Å². The number of ketones is 1. The number of hydrogen-bond donors (Lipinski definition) is 2. The van der Waals surface area contributed by atoms with Crippen LogP contribution in [0.2, 0.25) is 0 Å². The summed E-state index contributed by atoms with van der Waals surface area (Å²) in [6.07, 6.45) is -3.88. The molecule has 0 spiro atoms. The van der Waals surface area contributed by atoms with Gasteiger partial charge in [0, 0.05) is 44.8 Å². The first-order chi connectivity index (χ1) is 17.9. The van der Waals surface area contributed by atoms with Crippen LogP contribution < -0.4 is 15.0 Å². The molecule has 2 fully saturated rings. The molecule has 2 N–H and O–H groups in total. The number of Topliss-reactive ketones (excluding diaryl/α,β-unsaturated/α-hetero) is 1. The summed E-state index contributed by atoms with van der Waals surface area (Å²) in [7, 11) is 1.97. The van der Waals surface area contributed by atoms with Crippen LogP contribution in [0.15, 0.2) is 18.2 Å². The van der Waals surface area contributed by atoms with Crippen molar-refractivity contribution in [2.24, 2.45) is 0 Å². The van der Waals surface area contributed by atoms with E-state index in [1.165, 1.54) is 23.5 Å². The van der Waals surface area contributed by atoms with Crippen LogP contribution in [0.4, 0.5) is 24.0 Å².